The van der Waals surface area contributed by atoms with Crippen molar-refractivity contribution in [2.45, 2.75) is 52.0 Å². The van der Waals surface area contributed by atoms with E-state index in [1.165, 1.54) is 0 Å². The summed E-state index contributed by atoms with van der Waals surface area (Å²) in [6.45, 7) is 5.39. The van der Waals surface area contributed by atoms with Gasteiger partial charge in [-0.25, -0.2) is 4.79 Å². The van der Waals surface area contributed by atoms with Crippen LogP contribution in [0.3, 0.4) is 0 Å². The van der Waals surface area contributed by atoms with Gasteiger partial charge in [-0.3, -0.25) is 9.59 Å². The molecular formula is C27H32N2O5. The number of alkyl carbamates (subject to hydrolysis) is 1. The second kappa shape index (κ2) is 9.12. The fourth-order valence-electron chi connectivity index (χ4n) is 5.03. The molecule has 7 heteroatoms. The summed E-state index contributed by atoms with van der Waals surface area (Å²) in [5, 5.41) is 15.2. The lowest BCUT2D eigenvalue weighted by atomic mass is 9.83. The molecule has 2 aliphatic rings. The highest BCUT2D eigenvalue weighted by Gasteiger charge is 2.47. The number of aliphatic carboxylic acids is 1. The first kappa shape index (κ1) is 23.8. The van der Waals surface area contributed by atoms with Gasteiger partial charge in [0, 0.05) is 18.5 Å². The number of fused-ring (bicyclic) bond motifs is 3. The fourth-order valence-corrected chi connectivity index (χ4v) is 5.03. The third-order valence-corrected chi connectivity index (χ3v) is 7.38. The van der Waals surface area contributed by atoms with Gasteiger partial charge in [0.1, 0.15) is 6.61 Å². The van der Waals surface area contributed by atoms with Crippen molar-refractivity contribution in [3.63, 3.8) is 0 Å². The van der Waals surface area contributed by atoms with Crippen LogP contribution < -0.4 is 10.6 Å². The summed E-state index contributed by atoms with van der Waals surface area (Å²) in [6, 6.07) is 15.8. The smallest absolute Gasteiger partial charge is 0.407 e. The summed E-state index contributed by atoms with van der Waals surface area (Å²) in [6.07, 6.45) is 1.33. The molecule has 0 aliphatic heterocycles. The van der Waals surface area contributed by atoms with Gasteiger partial charge < -0.3 is 20.5 Å². The normalized spacial score (nSPS) is 21.4. The number of ether oxygens (including phenoxy) is 1. The first-order valence-electron chi connectivity index (χ1n) is 11.8. The molecule has 7 nitrogen and oxygen atoms in total. The van der Waals surface area contributed by atoms with Gasteiger partial charge in [0.05, 0.1) is 10.8 Å². The summed E-state index contributed by atoms with van der Waals surface area (Å²) in [4.78, 5) is 37.1. The first-order valence-corrected chi connectivity index (χ1v) is 11.8. The topological polar surface area (TPSA) is 105 Å². The number of rotatable bonds is 7. The Kier molecular flexibility index (Phi) is 6.39. The second-order valence-electron chi connectivity index (χ2n) is 10.2. The lowest BCUT2D eigenvalue weighted by molar-refractivity contribution is -0.149. The Balaban J connectivity index is 1.32. The average molecular weight is 465 g/mol. The van der Waals surface area contributed by atoms with E-state index in [4.69, 9.17) is 4.74 Å². The summed E-state index contributed by atoms with van der Waals surface area (Å²) in [5.41, 5.74) is 2.69. The van der Waals surface area contributed by atoms with E-state index in [2.05, 4.69) is 34.9 Å². The zero-order valence-electron chi connectivity index (χ0n) is 19.9. The van der Waals surface area contributed by atoms with Gasteiger partial charge in [-0.2, -0.15) is 0 Å². The minimum absolute atomic E-state index is 0.0366. The van der Waals surface area contributed by atoms with Crippen LogP contribution in [0.15, 0.2) is 48.5 Å². The van der Waals surface area contributed by atoms with Crippen LogP contribution in [0, 0.1) is 10.8 Å². The van der Waals surface area contributed by atoms with E-state index in [1.54, 1.807) is 20.8 Å². The Morgan fingerprint density at radius 1 is 1.06 bits per heavy atom. The van der Waals surface area contributed by atoms with Crippen molar-refractivity contribution < 1.29 is 24.2 Å². The molecule has 0 saturated heterocycles. The van der Waals surface area contributed by atoms with E-state index in [0.29, 0.717) is 12.8 Å². The number of benzene rings is 2. The van der Waals surface area contributed by atoms with E-state index in [9.17, 15) is 19.5 Å². The van der Waals surface area contributed by atoms with Crippen molar-refractivity contribution in [2.75, 3.05) is 13.2 Å². The largest absolute Gasteiger partial charge is 0.481 e. The van der Waals surface area contributed by atoms with Crippen LogP contribution in [0.25, 0.3) is 11.1 Å². The monoisotopic (exact) mass is 464 g/mol. The number of hydrogen-bond acceptors (Lipinski definition) is 4. The van der Waals surface area contributed by atoms with Gasteiger partial charge >= 0.3 is 12.1 Å². The average Bonchev–Trinajstić information content (AvgIpc) is 3.35. The molecule has 2 atom stereocenters. The van der Waals surface area contributed by atoms with Gasteiger partial charge in [0.15, 0.2) is 0 Å². The third-order valence-electron chi connectivity index (χ3n) is 7.38. The summed E-state index contributed by atoms with van der Waals surface area (Å²) >= 11 is 0. The zero-order valence-corrected chi connectivity index (χ0v) is 19.9. The van der Waals surface area contributed by atoms with Crippen molar-refractivity contribution in [3.8, 4) is 11.1 Å². The summed E-state index contributed by atoms with van der Waals surface area (Å²) < 4.78 is 5.55. The maximum atomic E-state index is 12.9. The molecule has 2 aromatic rings. The van der Waals surface area contributed by atoms with E-state index >= 15 is 0 Å². The molecule has 180 valence electrons. The molecule has 2 aliphatic carbocycles. The molecule has 2 unspecified atom stereocenters. The standard InChI is InChI=1S/C27H32N2O5/c1-26(2,23(30)29-22-13-8-14-27(22,3)24(31)32)16-28-25(33)34-15-21-19-11-6-4-9-17(19)18-10-5-7-12-20(18)21/h4-7,9-12,21-22H,8,13-16H2,1-3H3,(H,28,33)(H,29,30)(H,31,32). The maximum absolute atomic E-state index is 12.9. The van der Waals surface area contributed by atoms with Crippen LogP contribution >= 0.6 is 0 Å². The van der Waals surface area contributed by atoms with Crippen LogP contribution in [0.4, 0.5) is 4.79 Å². The van der Waals surface area contributed by atoms with E-state index in [-0.39, 0.29) is 25.0 Å². The first-order chi connectivity index (χ1) is 16.1. The number of carboxylic acids is 1. The number of carbonyl (C=O) groups excluding carboxylic acids is 2. The minimum Gasteiger partial charge on any atom is -0.481 e. The van der Waals surface area contributed by atoms with Crippen LogP contribution in [-0.4, -0.2) is 42.3 Å². The van der Waals surface area contributed by atoms with Gasteiger partial charge in [-0.15, -0.1) is 0 Å². The lowest BCUT2D eigenvalue weighted by Gasteiger charge is -2.32. The van der Waals surface area contributed by atoms with Crippen molar-refractivity contribution in [1.29, 1.82) is 0 Å². The summed E-state index contributed by atoms with van der Waals surface area (Å²) in [7, 11) is 0. The van der Waals surface area contributed by atoms with E-state index in [0.717, 1.165) is 28.7 Å². The van der Waals surface area contributed by atoms with E-state index < -0.39 is 28.9 Å². The number of nitrogens with one attached hydrogen (secondary N) is 2. The van der Waals surface area contributed by atoms with Crippen LogP contribution in [0.2, 0.25) is 0 Å². The molecule has 1 fully saturated rings. The molecule has 0 spiro atoms. The molecule has 3 N–H and O–H groups in total. The Bertz CT molecular complexity index is 1070. The van der Waals surface area contributed by atoms with Crippen molar-refractivity contribution >= 4 is 18.0 Å². The highest BCUT2D eigenvalue weighted by atomic mass is 16.5. The Hall–Kier alpha value is -3.35. The number of amides is 2. The SMILES string of the molecule is CC(C)(CNC(=O)OCC1c2ccccc2-c2ccccc21)C(=O)NC1CCCC1(C)C(=O)O. The van der Waals surface area contributed by atoms with Gasteiger partial charge in [-0.1, -0.05) is 55.0 Å². The molecule has 2 amide bonds. The molecule has 0 bridgehead atoms. The quantitative estimate of drug-likeness (QED) is 0.566. The van der Waals surface area contributed by atoms with Crippen LogP contribution in [-0.2, 0) is 14.3 Å². The van der Waals surface area contributed by atoms with Crippen LogP contribution in [0.5, 0.6) is 0 Å². The van der Waals surface area contributed by atoms with Gasteiger partial charge in [0.2, 0.25) is 5.91 Å². The molecule has 0 radical (unpaired) electrons. The predicted octanol–water partition coefficient (Wildman–Crippen LogP) is 4.31. The molecule has 2 aromatic carbocycles. The van der Waals surface area contributed by atoms with Crippen molar-refractivity contribution in [1.82, 2.24) is 10.6 Å². The number of carbonyl (C=O) groups is 3. The molecule has 0 heterocycles. The Morgan fingerprint density at radius 3 is 2.24 bits per heavy atom. The minimum atomic E-state index is -0.966. The molecule has 34 heavy (non-hydrogen) atoms. The van der Waals surface area contributed by atoms with Gasteiger partial charge in [0.25, 0.3) is 0 Å². The van der Waals surface area contributed by atoms with Gasteiger partial charge in [-0.05, 0) is 55.9 Å². The molecular weight excluding hydrogens is 432 g/mol. The lowest BCUT2D eigenvalue weighted by Crippen LogP contribution is -2.53. The van der Waals surface area contributed by atoms with E-state index in [1.807, 2.05) is 24.3 Å². The number of carboxylic acid groups (broad SMARTS) is 1. The highest BCUT2D eigenvalue weighted by molar-refractivity contribution is 5.85. The zero-order chi connectivity index (χ0) is 24.5. The second-order valence-corrected chi connectivity index (χ2v) is 10.2. The molecule has 1 saturated carbocycles. The van der Waals surface area contributed by atoms with Crippen LogP contribution in [0.1, 0.15) is 57.1 Å². The maximum Gasteiger partial charge on any atom is 0.407 e. The highest BCUT2D eigenvalue weighted by Crippen LogP contribution is 2.44. The van der Waals surface area contributed by atoms with Crippen molar-refractivity contribution in [2.24, 2.45) is 10.8 Å². The third kappa shape index (κ3) is 4.39. The molecule has 4 rings (SSSR count). The number of hydrogen-bond donors (Lipinski definition) is 3. The Labute approximate surface area is 199 Å². The predicted molar refractivity (Wildman–Crippen MR) is 128 cm³/mol. The van der Waals surface area contributed by atoms with Crippen molar-refractivity contribution in [3.05, 3.63) is 59.7 Å². The summed E-state index contributed by atoms with van der Waals surface area (Å²) in [5.74, 6) is -1.22. The fraction of sp³-hybridized carbons (Fsp3) is 0.444. The Morgan fingerprint density at radius 2 is 1.65 bits per heavy atom. The molecule has 0 aromatic heterocycles.